The van der Waals surface area contributed by atoms with E-state index in [0.717, 1.165) is 0 Å². The molecule has 0 radical (unpaired) electrons. The molecule has 114 valence electrons. The monoisotopic (exact) mass is 310 g/mol. The minimum absolute atomic E-state index is 0.00523. The predicted molar refractivity (Wildman–Crippen MR) is 76.8 cm³/mol. The van der Waals surface area contributed by atoms with Crippen LogP contribution in [0.15, 0.2) is 29.2 Å². The first-order valence-electron chi connectivity index (χ1n) is 6.45. The molecule has 0 aliphatic carbocycles. The van der Waals surface area contributed by atoms with E-state index < -0.39 is 21.9 Å². The van der Waals surface area contributed by atoms with Crippen LogP contribution >= 0.6 is 0 Å². The Morgan fingerprint density at radius 2 is 2.05 bits per heavy atom. The van der Waals surface area contributed by atoms with Crippen molar-refractivity contribution in [2.24, 2.45) is 5.92 Å². The largest absolute Gasteiger partial charge is 0.469 e. The summed E-state index contributed by atoms with van der Waals surface area (Å²) in [6, 6.07) is 7.87. The van der Waals surface area contributed by atoms with Gasteiger partial charge in [-0.05, 0) is 12.1 Å². The van der Waals surface area contributed by atoms with Gasteiger partial charge in [-0.3, -0.25) is 4.79 Å². The molecule has 0 spiro atoms. The second-order valence-corrected chi connectivity index (χ2v) is 6.39. The van der Waals surface area contributed by atoms with Crippen molar-refractivity contribution in [2.45, 2.75) is 18.7 Å². The van der Waals surface area contributed by atoms with E-state index in [1.54, 1.807) is 26.0 Å². The lowest BCUT2D eigenvalue weighted by atomic mass is 10.2. The van der Waals surface area contributed by atoms with Gasteiger partial charge in [0.05, 0.1) is 23.5 Å². The molecule has 1 aromatic carbocycles. The Labute approximate surface area is 125 Å². The van der Waals surface area contributed by atoms with Gasteiger partial charge in [-0.1, -0.05) is 26.0 Å². The van der Waals surface area contributed by atoms with Gasteiger partial charge in [0.25, 0.3) is 0 Å². The number of nitriles is 1. The Morgan fingerprint density at radius 3 is 2.57 bits per heavy atom. The first-order chi connectivity index (χ1) is 9.88. The standard InChI is InChI=1S/C14H18N2O4S/c1-4-16(10-11(2)14(17)20-3)21(18,19)13-8-6-5-7-12(13)9-15/h5-8,11H,4,10H2,1-3H3. The molecule has 6 nitrogen and oxygen atoms in total. The molecule has 0 fully saturated rings. The van der Waals surface area contributed by atoms with Crippen LogP contribution in [0, 0.1) is 17.2 Å². The van der Waals surface area contributed by atoms with Gasteiger partial charge in [0.2, 0.25) is 10.0 Å². The lowest BCUT2D eigenvalue weighted by molar-refractivity contribution is -0.145. The summed E-state index contributed by atoms with van der Waals surface area (Å²) in [7, 11) is -2.57. The first kappa shape index (κ1) is 17.1. The molecule has 1 rings (SSSR count). The molecule has 0 aliphatic rings. The highest BCUT2D eigenvalue weighted by molar-refractivity contribution is 7.89. The number of sulfonamides is 1. The van der Waals surface area contributed by atoms with Gasteiger partial charge in [-0.15, -0.1) is 0 Å². The maximum Gasteiger partial charge on any atom is 0.309 e. The van der Waals surface area contributed by atoms with E-state index >= 15 is 0 Å². The Balaban J connectivity index is 3.15. The van der Waals surface area contributed by atoms with Crippen molar-refractivity contribution in [3.8, 4) is 6.07 Å². The zero-order valence-corrected chi connectivity index (χ0v) is 13.1. The average Bonchev–Trinajstić information content (AvgIpc) is 2.50. The van der Waals surface area contributed by atoms with E-state index in [-0.39, 0.29) is 23.5 Å². The number of benzene rings is 1. The molecular formula is C14H18N2O4S. The van der Waals surface area contributed by atoms with E-state index in [1.165, 1.54) is 23.5 Å². The SMILES string of the molecule is CCN(CC(C)C(=O)OC)S(=O)(=O)c1ccccc1C#N. The molecular weight excluding hydrogens is 292 g/mol. The van der Waals surface area contributed by atoms with E-state index in [1.807, 2.05) is 6.07 Å². The number of ether oxygens (including phenoxy) is 1. The summed E-state index contributed by atoms with van der Waals surface area (Å²) in [5.41, 5.74) is 0.0849. The Kier molecular flexibility index (Phi) is 5.88. The van der Waals surface area contributed by atoms with E-state index in [0.29, 0.717) is 0 Å². The number of nitrogens with zero attached hydrogens (tertiary/aromatic N) is 2. The van der Waals surface area contributed by atoms with Crippen LogP contribution in [0.4, 0.5) is 0 Å². The molecule has 0 saturated carbocycles. The lowest BCUT2D eigenvalue weighted by Crippen LogP contribution is -2.37. The quantitative estimate of drug-likeness (QED) is 0.741. The molecule has 7 heteroatoms. The maximum atomic E-state index is 12.6. The molecule has 0 saturated heterocycles. The molecule has 0 heterocycles. The van der Waals surface area contributed by atoms with Crippen molar-refractivity contribution in [1.82, 2.24) is 4.31 Å². The van der Waals surface area contributed by atoms with Crippen molar-refractivity contribution in [3.05, 3.63) is 29.8 Å². The van der Waals surface area contributed by atoms with E-state index in [9.17, 15) is 13.2 Å². The predicted octanol–water partition coefficient (Wildman–Crippen LogP) is 1.38. The van der Waals surface area contributed by atoms with Gasteiger partial charge in [-0.2, -0.15) is 9.57 Å². The van der Waals surface area contributed by atoms with Crippen LogP contribution in [-0.2, 0) is 19.6 Å². The average molecular weight is 310 g/mol. The van der Waals surface area contributed by atoms with Crippen LogP contribution in [0.2, 0.25) is 0 Å². The molecule has 0 bridgehead atoms. The van der Waals surface area contributed by atoms with Crippen molar-refractivity contribution < 1.29 is 17.9 Å². The summed E-state index contributed by atoms with van der Waals surface area (Å²) in [6.07, 6.45) is 0. The van der Waals surface area contributed by atoms with Crippen LogP contribution in [0.25, 0.3) is 0 Å². The number of rotatable bonds is 6. The summed E-state index contributed by atoms with van der Waals surface area (Å²) in [5.74, 6) is -1.06. The van der Waals surface area contributed by atoms with E-state index in [2.05, 4.69) is 4.74 Å². The molecule has 21 heavy (non-hydrogen) atoms. The van der Waals surface area contributed by atoms with Crippen molar-refractivity contribution >= 4 is 16.0 Å². The maximum absolute atomic E-state index is 12.6. The van der Waals surface area contributed by atoms with Gasteiger partial charge >= 0.3 is 5.97 Å². The van der Waals surface area contributed by atoms with Crippen LogP contribution in [0.1, 0.15) is 19.4 Å². The van der Waals surface area contributed by atoms with Crippen LogP contribution < -0.4 is 0 Å². The zero-order chi connectivity index (χ0) is 16.0. The Morgan fingerprint density at radius 1 is 1.43 bits per heavy atom. The molecule has 0 aromatic heterocycles. The summed E-state index contributed by atoms with van der Waals surface area (Å²) in [5, 5.41) is 9.04. The fourth-order valence-corrected chi connectivity index (χ4v) is 3.58. The summed E-state index contributed by atoms with van der Waals surface area (Å²) < 4.78 is 31.0. The fraction of sp³-hybridized carbons (Fsp3) is 0.429. The minimum Gasteiger partial charge on any atom is -0.469 e. The van der Waals surface area contributed by atoms with Crippen molar-refractivity contribution in [1.29, 1.82) is 5.26 Å². The highest BCUT2D eigenvalue weighted by Crippen LogP contribution is 2.20. The Bertz CT molecular complexity index is 649. The smallest absolute Gasteiger partial charge is 0.309 e. The first-order valence-corrected chi connectivity index (χ1v) is 7.89. The molecule has 0 aliphatic heterocycles. The van der Waals surface area contributed by atoms with Gasteiger partial charge in [0.15, 0.2) is 0 Å². The molecule has 0 amide bonds. The third-order valence-corrected chi connectivity index (χ3v) is 5.06. The number of hydrogen-bond acceptors (Lipinski definition) is 5. The van der Waals surface area contributed by atoms with Crippen LogP contribution in [0.5, 0.6) is 0 Å². The summed E-state index contributed by atoms with van der Waals surface area (Å²) in [6.45, 7) is 3.48. The second kappa shape index (κ2) is 7.20. The van der Waals surface area contributed by atoms with Gasteiger partial charge < -0.3 is 4.74 Å². The van der Waals surface area contributed by atoms with Gasteiger partial charge in [0.1, 0.15) is 6.07 Å². The van der Waals surface area contributed by atoms with Gasteiger partial charge in [-0.25, -0.2) is 8.42 Å². The highest BCUT2D eigenvalue weighted by atomic mass is 32.2. The topological polar surface area (TPSA) is 87.5 Å². The lowest BCUT2D eigenvalue weighted by Gasteiger charge is -2.23. The molecule has 1 atom stereocenters. The zero-order valence-electron chi connectivity index (χ0n) is 12.2. The van der Waals surface area contributed by atoms with Gasteiger partial charge in [0, 0.05) is 13.1 Å². The molecule has 0 N–H and O–H groups in total. The third kappa shape index (κ3) is 3.80. The minimum atomic E-state index is -3.83. The summed E-state index contributed by atoms with van der Waals surface area (Å²) in [4.78, 5) is 11.4. The summed E-state index contributed by atoms with van der Waals surface area (Å²) >= 11 is 0. The highest BCUT2D eigenvalue weighted by Gasteiger charge is 2.29. The molecule has 1 unspecified atom stereocenters. The Hall–Kier alpha value is -1.91. The van der Waals surface area contributed by atoms with Crippen molar-refractivity contribution in [2.75, 3.05) is 20.2 Å². The number of esters is 1. The number of carbonyl (C=O) groups excluding carboxylic acids is 1. The van der Waals surface area contributed by atoms with Crippen LogP contribution in [-0.4, -0.2) is 38.9 Å². The fourth-order valence-electron chi connectivity index (χ4n) is 1.90. The third-order valence-electron chi connectivity index (χ3n) is 3.06. The number of carbonyl (C=O) groups is 1. The molecule has 1 aromatic rings. The number of methoxy groups -OCH3 is 1. The second-order valence-electron chi connectivity index (χ2n) is 4.49. The van der Waals surface area contributed by atoms with Crippen molar-refractivity contribution in [3.63, 3.8) is 0 Å². The number of hydrogen-bond donors (Lipinski definition) is 0. The van der Waals surface area contributed by atoms with Crippen LogP contribution in [0.3, 0.4) is 0 Å². The van der Waals surface area contributed by atoms with E-state index in [4.69, 9.17) is 5.26 Å². The normalized spacial score (nSPS) is 12.7.